The maximum Gasteiger partial charge on any atom is 0.326 e. The zero-order chi connectivity index (χ0) is 13.2. The van der Waals surface area contributed by atoms with E-state index in [0.29, 0.717) is 9.50 Å². The van der Waals surface area contributed by atoms with Crippen molar-refractivity contribution in [3.05, 3.63) is 32.1 Å². The number of halogens is 2. The predicted octanol–water partition coefficient (Wildman–Crippen LogP) is 2.61. The number of pyridine rings is 1. The Morgan fingerprint density at radius 1 is 1.53 bits per heavy atom. The number of aromatic nitrogens is 1. The fourth-order valence-corrected chi connectivity index (χ4v) is 2.03. The van der Waals surface area contributed by atoms with Crippen LogP contribution in [0.15, 0.2) is 21.5 Å². The number of carbonyl (C=O) groups is 1. The molecule has 0 aliphatic rings. The molecule has 0 spiro atoms. The van der Waals surface area contributed by atoms with E-state index in [1.165, 1.54) is 16.8 Å². The van der Waals surface area contributed by atoms with E-state index in [-0.39, 0.29) is 12.1 Å². The van der Waals surface area contributed by atoms with E-state index in [1.54, 1.807) is 20.8 Å². The summed E-state index contributed by atoms with van der Waals surface area (Å²) in [6, 6.07) is 1.48. The summed E-state index contributed by atoms with van der Waals surface area (Å²) in [5.41, 5.74) is -0.892. The van der Waals surface area contributed by atoms with Crippen LogP contribution in [-0.2, 0) is 16.1 Å². The van der Waals surface area contributed by atoms with Crippen molar-refractivity contribution in [1.82, 2.24) is 4.57 Å². The third-order valence-corrected chi connectivity index (χ3v) is 2.50. The largest absolute Gasteiger partial charge is 0.459 e. The third kappa shape index (κ3) is 4.52. The lowest BCUT2D eigenvalue weighted by molar-refractivity contribution is -0.155. The Kier molecular flexibility index (Phi) is 4.38. The second-order valence-corrected chi connectivity index (χ2v) is 5.82. The van der Waals surface area contributed by atoms with Gasteiger partial charge in [0.2, 0.25) is 0 Å². The van der Waals surface area contributed by atoms with Gasteiger partial charge in [0.05, 0.1) is 9.50 Å². The summed E-state index contributed by atoms with van der Waals surface area (Å²) in [6.07, 6.45) is 1.40. The maximum atomic E-state index is 11.7. The van der Waals surface area contributed by atoms with Crippen LogP contribution in [0.5, 0.6) is 0 Å². The molecular weight excluding hydrogens is 309 g/mol. The molecule has 94 valence electrons. The molecule has 0 amide bonds. The average Bonchev–Trinajstić information content (AvgIpc) is 2.10. The van der Waals surface area contributed by atoms with Crippen molar-refractivity contribution in [3.63, 3.8) is 0 Å². The quantitative estimate of drug-likeness (QED) is 0.786. The summed E-state index contributed by atoms with van der Waals surface area (Å²) in [5.74, 6) is -0.478. The first kappa shape index (κ1) is 14.3. The molecule has 0 aliphatic carbocycles. The number of ether oxygens (including phenoxy) is 1. The van der Waals surface area contributed by atoms with Crippen molar-refractivity contribution in [3.8, 4) is 0 Å². The number of hydrogen-bond acceptors (Lipinski definition) is 3. The van der Waals surface area contributed by atoms with E-state index < -0.39 is 11.6 Å². The summed E-state index contributed by atoms with van der Waals surface area (Å²) in [5, 5.41) is 0.375. The Bertz CT molecular complexity index is 490. The summed E-state index contributed by atoms with van der Waals surface area (Å²) in [7, 11) is 0. The van der Waals surface area contributed by atoms with E-state index in [1.807, 2.05) is 0 Å². The average molecular weight is 323 g/mol. The van der Waals surface area contributed by atoms with Gasteiger partial charge in [-0.3, -0.25) is 9.59 Å². The van der Waals surface area contributed by atoms with Crippen LogP contribution in [0.3, 0.4) is 0 Å². The van der Waals surface area contributed by atoms with Crippen molar-refractivity contribution in [1.29, 1.82) is 0 Å². The second kappa shape index (κ2) is 5.23. The number of nitrogens with zero attached hydrogens (tertiary/aromatic N) is 1. The highest BCUT2D eigenvalue weighted by Gasteiger charge is 2.17. The molecule has 0 unspecified atom stereocenters. The fraction of sp³-hybridized carbons (Fsp3) is 0.455. The van der Waals surface area contributed by atoms with Gasteiger partial charge in [-0.05, 0) is 42.8 Å². The van der Waals surface area contributed by atoms with Gasteiger partial charge in [-0.1, -0.05) is 11.6 Å². The second-order valence-electron chi connectivity index (χ2n) is 4.53. The highest BCUT2D eigenvalue weighted by atomic mass is 79.9. The lowest BCUT2D eigenvalue weighted by Gasteiger charge is -2.19. The third-order valence-electron chi connectivity index (χ3n) is 1.73. The molecule has 0 atom stereocenters. The highest BCUT2D eigenvalue weighted by Crippen LogP contribution is 2.12. The van der Waals surface area contributed by atoms with Gasteiger partial charge in [-0.15, -0.1) is 0 Å². The maximum absolute atomic E-state index is 11.7. The van der Waals surface area contributed by atoms with Crippen LogP contribution in [0.4, 0.5) is 0 Å². The number of hydrogen-bond donors (Lipinski definition) is 0. The summed E-state index contributed by atoms with van der Waals surface area (Å²) < 4.78 is 6.64. The standard InChI is InChI=1S/C11H13BrClNO3/c1-11(2,3)17-9(15)6-14-5-7(13)4-8(12)10(14)16/h4-5H,6H2,1-3H3. The normalized spacial score (nSPS) is 11.4. The topological polar surface area (TPSA) is 48.3 Å². The smallest absolute Gasteiger partial charge is 0.326 e. The van der Waals surface area contributed by atoms with Crippen molar-refractivity contribution in [2.75, 3.05) is 0 Å². The van der Waals surface area contributed by atoms with Crippen LogP contribution in [-0.4, -0.2) is 16.1 Å². The zero-order valence-electron chi connectivity index (χ0n) is 9.79. The minimum absolute atomic E-state index is 0.157. The minimum atomic E-state index is -0.573. The van der Waals surface area contributed by atoms with Crippen LogP contribution in [0.1, 0.15) is 20.8 Å². The zero-order valence-corrected chi connectivity index (χ0v) is 12.1. The summed E-state index contributed by atoms with van der Waals surface area (Å²) in [6.45, 7) is 5.14. The van der Waals surface area contributed by atoms with E-state index in [9.17, 15) is 9.59 Å². The molecule has 0 N–H and O–H groups in total. The Balaban J connectivity index is 2.89. The molecule has 1 aromatic rings. The van der Waals surface area contributed by atoms with Gasteiger partial charge in [-0.2, -0.15) is 0 Å². The van der Waals surface area contributed by atoms with Gasteiger partial charge in [0.15, 0.2) is 0 Å². The first-order valence-corrected chi connectivity index (χ1v) is 6.13. The van der Waals surface area contributed by atoms with Gasteiger partial charge < -0.3 is 9.30 Å². The Morgan fingerprint density at radius 3 is 2.65 bits per heavy atom. The lowest BCUT2D eigenvalue weighted by atomic mass is 10.2. The molecule has 0 aromatic carbocycles. The van der Waals surface area contributed by atoms with Gasteiger partial charge in [0.1, 0.15) is 12.1 Å². The fourth-order valence-electron chi connectivity index (χ4n) is 1.20. The van der Waals surface area contributed by atoms with Gasteiger partial charge >= 0.3 is 5.97 Å². The lowest BCUT2D eigenvalue weighted by Crippen LogP contribution is -2.30. The first-order chi connectivity index (χ1) is 7.69. The number of rotatable bonds is 2. The van der Waals surface area contributed by atoms with Crippen LogP contribution in [0.2, 0.25) is 5.02 Å². The highest BCUT2D eigenvalue weighted by molar-refractivity contribution is 9.10. The SMILES string of the molecule is CC(C)(C)OC(=O)Cn1cc(Cl)cc(Br)c1=O. The van der Waals surface area contributed by atoms with Crippen molar-refractivity contribution in [2.45, 2.75) is 32.9 Å². The molecule has 0 radical (unpaired) electrons. The van der Waals surface area contributed by atoms with E-state index in [2.05, 4.69) is 15.9 Å². The van der Waals surface area contributed by atoms with Gasteiger partial charge in [0.25, 0.3) is 5.56 Å². The predicted molar refractivity (Wildman–Crippen MR) is 69.3 cm³/mol. The molecule has 6 heteroatoms. The molecule has 1 heterocycles. The monoisotopic (exact) mass is 321 g/mol. The minimum Gasteiger partial charge on any atom is -0.459 e. The van der Waals surface area contributed by atoms with Crippen molar-refractivity contribution < 1.29 is 9.53 Å². The number of esters is 1. The first-order valence-electron chi connectivity index (χ1n) is 4.96. The van der Waals surface area contributed by atoms with Crippen LogP contribution in [0, 0.1) is 0 Å². The Hall–Kier alpha value is -0.810. The van der Waals surface area contributed by atoms with Crippen LogP contribution < -0.4 is 5.56 Å². The molecule has 1 aromatic heterocycles. The molecule has 17 heavy (non-hydrogen) atoms. The Labute approximate surface area is 113 Å². The molecule has 4 nitrogen and oxygen atoms in total. The van der Waals surface area contributed by atoms with E-state index >= 15 is 0 Å². The number of carbonyl (C=O) groups excluding carboxylic acids is 1. The molecule has 1 rings (SSSR count). The summed E-state index contributed by atoms with van der Waals surface area (Å²) >= 11 is 8.88. The van der Waals surface area contributed by atoms with Crippen LogP contribution >= 0.6 is 27.5 Å². The molecule has 0 fully saturated rings. The molecule has 0 aliphatic heterocycles. The van der Waals surface area contributed by atoms with E-state index in [4.69, 9.17) is 16.3 Å². The molecule has 0 bridgehead atoms. The molecule has 0 saturated heterocycles. The van der Waals surface area contributed by atoms with Crippen LogP contribution in [0.25, 0.3) is 0 Å². The van der Waals surface area contributed by atoms with Crippen molar-refractivity contribution >= 4 is 33.5 Å². The molecular formula is C11H13BrClNO3. The van der Waals surface area contributed by atoms with Gasteiger partial charge in [0, 0.05) is 6.20 Å². The van der Waals surface area contributed by atoms with Gasteiger partial charge in [-0.25, -0.2) is 0 Å². The molecule has 0 saturated carbocycles. The summed E-state index contributed by atoms with van der Waals surface area (Å²) in [4.78, 5) is 23.2. The van der Waals surface area contributed by atoms with Crippen molar-refractivity contribution in [2.24, 2.45) is 0 Å². The van der Waals surface area contributed by atoms with E-state index in [0.717, 1.165) is 0 Å². The Morgan fingerprint density at radius 2 is 2.12 bits per heavy atom.